The largest absolute Gasteiger partial charge is 0.481 e. The van der Waals surface area contributed by atoms with Crippen molar-refractivity contribution in [2.24, 2.45) is 5.92 Å². The first-order valence-corrected chi connectivity index (χ1v) is 4.94. The van der Waals surface area contributed by atoms with Gasteiger partial charge in [0.15, 0.2) is 0 Å². The van der Waals surface area contributed by atoms with Crippen LogP contribution in [0.5, 0.6) is 0 Å². The minimum atomic E-state index is -0.955. The average Bonchev–Trinajstić information content (AvgIpc) is 2.00. The van der Waals surface area contributed by atoms with Crippen molar-refractivity contribution in [1.82, 2.24) is 4.90 Å². The van der Waals surface area contributed by atoms with Gasteiger partial charge >= 0.3 is 5.97 Å². The lowest BCUT2D eigenvalue weighted by molar-refractivity contribution is -0.139. The fourth-order valence-corrected chi connectivity index (χ4v) is 1.27. The van der Waals surface area contributed by atoms with Gasteiger partial charge in [0.1, 0.15) is 0 Å². The van der Waals surface area contributed by atoms with Gasteiger partial charge in [-0.15, -0.1) is 0 Å². The molecule has 0 saturated carbocycles. The molecule has 0 aromatic heterocycles. The van der Waals surface area contributed by atoms with Gasteiger partial charge in [-0.25, -0.2) is 0 Å². The molecule has 0 saturated heterocycles. The van der Waals surface area contributed by atoms with E-state index in [9.17, 15) is 9.90 Å². The lowest BCUT2D eigenvalue weighted by Crippen LogP contribution is -2.39. The summed E-state index contributed by atoms with van der Waals surface area (Å²) >= 11 is 0. The molecule has 4 heteroatoms. The molecule has 84 valence electrons. The molecule has 0 aliphatic rings. The number of hydrogen-bond donors (Lipinski definition) is 2. The quantitative estimate of drug-likeness (QED) is 0.670. The smallest absolute Gasteiger partial charge is 0.306 e. The molecule has 0 aromatic carbocycles. The van der Waals surface area contributed by atoms with Crippen molar-refractivity contribution in [2.45, 2.75) is 39.3 Å². The predicted molar refractivity (Wildman–Crippen MR) is 55.2 cm³/mol. The van der Waals surface area contributed by atoms with Gasteiger partial charge in [0.05, 0.1) is 12.5 Å². The summed E-state index contributed by atoms with van der Waals surface area (Å²) in [7, 11) is 1.90. The van der Waals surface area contributed by atoms with Crippen molar-refractivity contribution in [3.8, 4) is 0 Å². The van der Waals surface area contributed by atoms with E-state index in [1.54, 1.807) is 0 Å². The lowest BCUT2D eigenvalue weighted by atomic mass is 10.0. The van der Waals surface area contributed by atoms with Crippen LogP contribution in [0, 0.1) is 5.92 Å². The molecule has 0 aliphatic carbocycles. The Kier molecular flexibility index (Phi) is 5.72. The molecule has 2 atom stereocenters. The number of nitrogens with zero attached hydrogens (tertiary/aromatic N) is 1. The second-order valence-corrected chi connectivity index (χ2v) is 4.18. The number of carboxylic acids is 1. The normalized spacial score (nSPS) is 15.9. The van der Waals surface area contributed by atoms with E-state index in [0.29, 0.717) is 18.5 Å². The standard InChI is InChI=1S/C10H21NO3/c1-7(2)8(3)11(4)6-9(12)5-10(13)14/h7-9,12H,5-6H2,1-4H3,(H,13,14). The summed E-state index contributed by atoms with van der Waals surface area (Å²) in [6.45, 7) is 6.68. The van der Waals surface area contributed by atoms with Gasteiger partial charge in [-0.3, -0.25) is 4.79 Å². The zero-order chi connectivity index (χ0) is 11.3. The van der Waals surface area contributed by atoms with Crippen LogP contribution >= 0.6 is 0 Å². The fourth-order valence-electron chi connectivity index (χ4n) is 1.27. The van der Waals surface area contributed by atoms with Crippen molar-refractivity contribution in [3.63, 3.8) is 0 Å². The van der Waals surface area contributed by atoms with Crippen LogP contribution in [0.25, 0.3) is 0 Å². The monoisotopic (exact) mass is 203 g/mol. The molecule has 0 fully saturated rings. The first-order chi connectivity index (χ1) is 6.34. The summed E-state index contributed by atoms with van der Waals surface area (Å²) in [5.74, 6) is -0.458. The van der Waals surface area contributed by atoms with Gasteiger partial charge in [-0.2, -0.15) is 0 Å². The molecule has 14 heavy (non-hydrogen) atoms. The van der Waals surface area contributed by atoms with Gasteiger partial charge in [0, 0.05) is 12.6 Å². The SMILES string of the molecule is CC(C)C(C)N(C)CC(O)CC(=O)O. The van der Waals surface area contributed by atoms with Crippen molar-refractivity contribution in [1.29, 1.82) is 0 Å². The number of rotatable bonds is 6. The summed E-state index contributed by atoms with van der Waals surface area (Å²) in [4.78, 5) is 12.3. The molecule has 0 rings (SSSR count). The van der Waals surface area contributed by atoms with Crippen LogP contribution < -0.4 is 0 Å². The van der Waals surface area contributed by atoms with E-state index in [1.807, 2.05) is 11.9 Å². The third-order valence-corrected chi connectivity index (χ3v) is 2.57. The molecular formula is C10H21NO3. The Morgan fingerprint density at radius 2 is 1.86 bits per heavy atom. The zero-order valence-electron chi connectivity index (χ0n) is 9.40. The molecule has 0 aliphatic heterocycles. The highest BCUT2D eigenvalue weighted by molar-refractivity contribution is 5.67. The van der Waals surface area contributed by atoms with Gasteiger partial charge in [-0.1, -0.05) is 13.8 Å². The number of likely N-dealkylation sites (N-methyl/N-ethyl adjacent to an activating group) is 1. The topological polar surface area (TPSA) is 60.8 Å². The van der Waals surface area contributed by atoms with Crippen LogP contribution in [0.4, 0.5) is 0 Å². The molecule has 0 amide bonds. The lowest BCUT2D eigenvalue weighted by Gasteiger charge is -2.29. The highest BCUT2D eigenvalue weighted by atomic mass is 16.4. The number of aliphatic hydroxyl groups excluding tert-OH is 1. The van der Waals surface area contributed by atoms with Gasteiger partial charge in [-0.05, 0) is 19.9 Å². The maximum atomic E-state index is 10.3. The molecule has 0 aromatic rings. The van der Waals surface area contributed by atoms with Crippen LogP contribution in [0.3, 0.4) is 0 Å². The van der Waals surface area contributed by atoms with E-state index in [4.69, 9.17) is 5.11 Å². The van der Waals surface area contributed by atoms with Crippen molar-refractivity contribution < 1.29 is 15.0 Å². The van der Waals surface area contributed by atoms with E-state index in [2.05, 4.69) is 20.8 Å². The second kappa shape index (κ2) is 5.98. The summed E-state index contributed by atoms with van der Waals surface area (Å²) in [6, 6.07) is 0.346. The minimum Gasteiger partial charge on any atom is -0.481 e. The van der Waals surface area contributed by atoms with Gasteiger partial charge in [0.25, 0.3) is 0 Å². The highest BCUT2D eigenvalue weighted by Crippen LogP contribution is 2.09. The highest BCUT2D eigenvalue weighted by Gasteiger charge is 2.17. The minimum absolute atomic E-state index is 0.185. The zero-order valence-corrected chi connectivity index (χ0v) is 9.40. The summed E-state index contributed by atoms with van der Waals surface area (Å²) in [6.07, 6.45) is -0.964. The van der Waals surface area contributed by atoms with Crippen LogP contribution in [0.15, 0.2) is 0 Å². The van der Waals surface area contributed by atoms with Crippen molar-refractivity contribution >= 4 is 5.97 Å². The Morgan fingerprint density at radius 3 is 2.21 bits per heavy atom. The predicted octanol–water partition coefficient (Wildman–Crippen LogP) is 0.798. The van der Waals surface area contributed by atoms with Crippen molar-refractivity contribution in [3.05, 3.63) is 0 Å². The molecule has 2 N–H and O–H groups in total. The summed E-state index contributed by atoms with van der Waals surface area (Å²) in [5.41, 5.74) is 0. The average molecular weight is 203 g/mol. The van der Waals surface area contributed by atoms with E-state index in [0.717, 1.165) is 0 Å². The Morgan fingerprint density at radius 1 is 1.36 bits per heavy atom. The molecule has 2 unspecified atom stereocenters. The number of aliphatic hydroxyl groups is 1. The molecule has 0 bridgehead atoms. The summed E-state index contributed by atoms with van der Waals surface area (Å²) < 4.78 is 0. The first kappa shape index (κ1) is 13.4. The Bertz CT molecular complexity index is 182. The Balaban J connectivity index is 3.92. The maximum Gasteiger partial charge on any atom is 0.306 e. The molecule has 0 radical (unpaired) electrons. The number of aliphatic carboxylic acids is 1. The number of hydrogen-bond acceptors (Lipinski definition) is 3. The maximum absolute atomic E-state index is 10.3. The number of carbonyl (C=O) groups is 1. The molecular weight excluding hydrogens is 182 g/mol. The van der Waals surface area contributed by atoms with E-state index < -0.39 is 12.1 Å². The van der Waals surface area contributed by atoms with Gasteiger partial charge < -0.3 is 15.1 Å². The fraction of sp³-hybridized carbons (Fsp3) is 0.900. The Labute approximate surface area is 85.5 Å². The molecule has 4 nitrogen and oxygen atoms in total. The molecule has 0 spiro atoms. The van der Waals surface area contributed by atoms with Crippen LogP contribution in [0.1, 0.15) is 27.2 Å². The van der Waals surface area contributed by atoms with E-state index in [-0.39, 0.29) is 6.42 Å². The van der Waals surface area contributed by atoms with Crippen LogP contribution in [-0.2, 0) is 4.79 Å². The van der Waals surface area contributed by atoms with Crippen molar-refractivity contribution in [2.75, 3.05) is 13.6 Å². The first-order valence-electron chi connectivity index (χ1n) is 4.94. The number of carboxylic acid groups (broad SMARTS) is 1. The third kappa shape index (κ3) is 5.19. The van der Waals surface area contributed by atoms with Gasteiger partial charge in [0.2, 0.25) is 0 Å². The van der Waals surface area contributed by atoms with E-state index in [1.165, 1.54) is 0 Å². The Hall–Kier alpha value is -0.610. The second-order valence-electron chi connectivity index (χ2n) is 4.18. The van der Waals surface area contributed by atoms with Crippen LogP contribution in [0.2, 0.25) is 0 Å². The van der Waals surface area contributed by atoms with E-state index >= 15 is 0 Å². The summed E-state index contributed by atoms with van der Waals surface area (Å²) in [5, 5.41) is 17.9. The van der Waals surface area contributed by atoms with Crippen LogP contribution in [-0.4, -0.2) is 46.8 Å². The third-order valence-electron chi connectivity index (χ3n) is 2.57. The molecule has 0 heterocycles.